The molecule has 0 aliphatic carbocycles. The van der Waals surface area contributed by atoms with Crippen LogP contribution in [0.1, 0.15) is 174 Å². The summed E-state index contributed by atoms with van der Waals surface area (Å²) >= 11 is 0. The van der Waals surface area contributed by atoms with Gasteiger partial charge >= 0.3 is 11.9 Å². The second kappa shape index (κ2) is 41.0. The van der Waals surface area contributed by atoms with Gasteiger partial charge in [0.1, 0.15) is 19.8 Å². The van der Waals surface area contributed by atoms with Crippen molar-refractivity contribution in [3.05, 3.63) is 60.8 Å². The first-order valence-corrected chi connectivity index (χ1v) is 24.6. The number of aliphatic hydroxyl groups excluding tert-OH is 1. The van der Waals surface area contributed by atoms with Gasteiger partial charge in [0.15, 0.2) is 6.10 Å². The number of rotatable bonds is 42. The van der Waals surface area contributed by atoms with Gasteiger partial charge in [-0.25, -0.2) is 0 Å². The highest BCUT2D eigenvalue weighted by Gasteiger charge is 2.21. The molecule has 0 amide bonds. The number of unbranched alkanes of at least 4 members (excludes halogenated alkanes) is 17. The lowest BCUT2D eigenvalue weighted by molar-refractivity contribution is -0.870. The molecule has 0 aromatic rings. The molecule has 0 rings (SSSR count). The molecule has 11 heteroatoms. The maximum atomic E-state index is 12.7. The van der Waals surface area contributed by atoms with Crippen LogP contribution in [0.4, 0.5) is 0 Å². The first-order chi connectivity index (χ1) is 28.5. The van der Waals surface area contributed by atoms with Gasteiger partial charge in [-0.15, -0.1) is 0 Å². The minimum atomic E-state index is -4.65. The molecule has 1 N–H and O–H groups in total. The van der Waals surface area contributed by atoms with Gasteiger partial charge in [0.25, 0.3) is 7.82 Å². The highest BCUT2D eigenvalue weighted by Crippen LogP contribution is 2.38. The number of hydrogen-bond acceptors (Lipinski definition) is 9. The van der Waals surface area contributed by atoms with Crippen molar-refractivity contribution in [2.45, 2.75) is 180 Å². The van der Waals surface area contributed by atoms with Gasteiger partial charge < -0.3 is 33.0 Å². The number of likely N-dealkylation sites (N-methyl/N-ethyl adjacent to an activating group) is 1. The molecular formula is C48H86NO9P. The van der Waals surface area contributed by atoms with E-state index in [9.17, 15) is 19.0 Å². The lowest BCUT2D eigenvalue weighted by atomic mass is 10.1. The lowest BCUT2D eigenvalue weighted by Crippen LogP contribution is -2.37. The third kappa shape index (κ3) is 45.0. The van der Waals surface area contributed by atoms with Crippen LogP contribution in [0.25, 0.3) is 0 Å². The summed E-state index contributed by atoms with van der Waals surface area (Å²) in [5.41, 5.74) is 0. The van der Waals surface area contributed by atoms with Crippen LogP contribution in [0.15, 0.2) is 60.8 Å². The van der Waals surface area contributed by atoms with Crippen LogP contribution in [0.3, 0.4) is 0 Å². The highest BCUT2D eigenvalue weighted by molar-refractivity contribution is 7.45. The van der Waals surface area contributed by atoms with Crippen molar-refractivity contribution in [2.75, 3.05) is 54.1 Å². The molecule has 0 saturated heterocycles. The second-order valence-electron chi connectivity index (χ2n) is 16.5. The molecule has 10 nitrogen and oxygen atoms in total. The van der Waals surface area contributed by atoms with Gasteiger partial charge in [-0.3, -0.25) is 14.2 Å². The van der Waals surface area contributed by atoms with Crippen molar-refractivity contribution in [2.24, 2.45) is 0 Å². The zero-order valence-electron chi connectivity index (χ0n) is 37.9. The quantitative estimate of drug-likeness (QED) is 0.0210. The zero-order chi connectivity index (χ0) is 43.6. The Labute approximate surface area is 360 Å². The molecule has 0 saturated carbocycles. The zero-order valence-corrected chi connectivity index (χ0v) is 38.8. The van der Waals surface area contributed by atoms with Crippen molar-refractivity contribution >= 4 is 19.8 Å². The lowest BCUT2D eigenvalue weighted by Gasteiger charge is -2.28. The summed E-state index contributed by atoms with van der Waals surface area (Å²) in [5.74, 6) is -0.921. The minimum Gasteiger partial charge on any atom is -0.756 e. The van der Waals surface area contributed by atoms with Crippen LogP contribution in [-0.2, 0) is 32.7 Å². The summed E-state index contributed by atoms with van der Waals surface area (Å²) in [4.78, 5) is 37.6. The molecule has 0 bridgehead atoms. The number of quaternary nitrogens is 1. The fraction of sp³-hybridized carbons (Fsp3) is 0.750. The van der Waals surface area contributed by atoms with Crippen LogP contribution < -0.4 is 4.89 Å². The Balaban J connectivity index is 4.43. The third-order valence-corrected chi connectivity index (χ3v) is 10.5. The number of allylic oxidation sites excluding steroid dienone is 10. The molecule has 0 aliphatic heterocycles. The summed E-state index contributed by atoms with van der Waals surface area (Å²) in [6.45, 7) is 2.15. The molecule has 0 aromatic heterocycles. The molecule has 2 atom stereocenters. The largest absolute Gasteiger partial charge is 0.756 e. The Morgan fingerprint density at radius 3 is 1.54 bits per heavy atom. The molecule has 0 heterocycles. The first-order valence-electron chi connectivity index (χ1n) is 23.1. The van der Waals surface area contributed by atoms with Crippen molar-refractivity contribution in [1.82, 2.24) is 0 Å². The van der Waals surface area contributed by atoms with Crippen molar-refractivity contribution < 1.29 is 47.2 Å². The summed E-state index contributed by atoms with van der Waals surface area (Å²) in [6, 6.07) is 0. The number of phosphoric ester groups is 1. The molecule has 0 aliphatic rings. The van der Waals surface area contributed by atoms with Gasteiger partial charge in [0.2, 0.25) is 0 Å². The summed E-state index contributed by atoms with van der Waals surface area (Å²) in [7, 11) is 1.11. The van der Waals surface area contributed by atoms with Gasteiger partial charge in [-0.2, -0.15) is 0 Å². The average molecular weight is 852 g/mol. The molecule has 59 heavy (non-hydrogen) atoms. The standard InChI is InChI=1S/C48H86NO9P/c1-5-6-7-8-9-10-11-12-13-15-19-22-25-28-31-34-37-40-48(52)58-46(45-57-59(53,54)56-43-41-49(2,3)4)44-55-47(51)39-36-33-30-27-24-21-18-16-14-17-20-23-26-29-32-35-38-42-50/h12-14,17-18,21,23,26-27,30,46,50H,5-11,15-16,19-20,22,24-25,28-29,31-45H2,1-4H3/b13-12-,17-14-,21-18-,26-23-,30-27-/t46-/m1/s1. The maximum absolute atomic E-state index is 12.7. The van der Waals surface area contributed by atoms with E-state index < -0.39 is 32.5 Å². The predicted molar refractivity (Wildman–Crippen MR) is 242 cm³/mol. The molecule has 0 fully saturated rings. The molecule has 0 spiro atoms. The van der Waals surface area contributed by atoms with Crippen LogP contribution in [-0.4, -0.2) is 81.7 Å². The van der Waals surface area contributed by atoms with Gasteiger partial charge in [-0.05, 0) is 83.5 Å². The van der Waals surface area contributed by atoms with E-state index in [-0.39, 0.29) is 32.7 Å². The number of phosphoric acid groups is 1. The van der Waals surface area contributed by atoms with E-state index in [1.165, 1.54) is 64.2 Å². The van der Waals surface area contributed by atoms with Gasteiger partial charge in [0.05, 0.1) is 27.7 Å². The topological polar surface area (TPSA) is 131 Å². The van der Waals surface area contributed by atoms with E-state index in [1.807, 2.05) is 27.2 Å². The second-order valence-corrected chi connectivity index (χ2v) is 17.9. The fourth-order valence-corrected chi connectivity index (χ4v) is 6.64. The SMILES string of the molecule is CCCCCCCC/C=C\CCCCCCCCCC(=O)O[C@H](COC(=O)CCC/C=C\C/C=C\C/C=C\C/C=C\CCCCCO)COP(=O)([O-])OCC[N+](C)(C)C. The Morgan fingerprint density at radius 2 is 1.02 bits per heavy atom. The summed E-state index contributed by atoms with van der Waals surface area (Å²) < 4.78 is 33.8. The predicted octanol–water partition coefficient (Wildman–Crippen LogP) is 11.6. The van der Waals surface area contributed by atoms with E-state index in [0.29, 0.717) is 23.9 Å². The van der Waals surface area contributed by atoms with Gasteiger partial charge in [0, 0.05) is 19.4 Å². The fourth-order valence-electron chi connectivity index (χ4n) is 5.91. The van der Waals surface area contributed by atoms with Crippen LogP contribution in [0.5, 0.6) is 0 Å². The molecule has 342 valence electrons. The van der Waals surface area contributed by atoms with Crippen molar-refractivity contribution in [3.8, 4) is 0 Å². The highest BCUT2D eigenvalue weighted by atomic mass is 31.2. The molecule has 0 aromatic carbocycles. The number of nitrogens with zero attached hydrogens (tertiary/aromatic N) is 1. The smallest absolute Gasteiger partial charge is 0.306 e. The van der Waals surface area contributed by atoms with Crippen molar-refractivity contribution in [1.29, 1.82) is 0 Å². The van der Waals surface area contributed by atoms with E-state index in [2.05, 4.69) is 61.6 Å². The first kappa shape index (κ1) is 56.7. The summed E-state index contributed by atoms with van der Waals surface area (Å²) in [5, 5.41) is 8.80. The Hall–Kier alpha value is -2.33. The van der Waals surface area contributed by atoms with Crippen LogP contribution in [0, 0.1) is 0 Å². The normalized spacial score (nSPS) is 14.1. The van der Waals surface area contributed by atoms with Gasteiger partial charge in [-0.1, -0.05) is 138 Å². The molecule has 0 radical (unpaired) electrons. The number of esters is 2. The number of hydrogen-bond donors (Lipinski definition) is 1. The molecule has 1 unspecified atom stereocenters. The van der Waals surface area contributed by atoms with E-state index in [0.717, 1.165) is 77.0 Å². The van der Waals surface area contributed by atoms with E-state index in [1.54, 1.807) is 0 Å². The van der Waals surface area contributed by atoms with Crippen LogP contribution in [0.2, 0.25) is 0 Å². The van der Waals surface area contributed by atoms with E-state index in [4.69, 9.17) is 23.6 Å². The van der Waals surface area contributed by atoms with E-state index >= 15 is 0 Å². The number of aliphatic hydroxyl groups is 1. The Morgan fingerprint density at radius 1 is 0.576 bits per heavy atom. The summed E-state index contributed by atoms with van der Waals surface area (Å²) in [6.07, 6.45) is 46.9. The Kier molecular flexibility index (Phi) is 39.4. The average Bonchev–Trinajstić information content (AvgIpc) is 3.19. The molecular weight excluding hydrogens is 766 g/mol. The monoisotopic (exact) mass is 852 g/mol. The van der Waals surface area contributed by atoms with Crippen molar-refractivity contribution in [3.63, 3.8) is 0 Å². The number of carbonyl (C=O) groups is 2. The maximum Gasteiger partial charge on any atom is 0.306 e. The number of ether oxygens (including phenoxy) is 2. The number of carbonyl (C=O) groups excluding carboxylic acids is 2. The third-order valence-electron chi connectivity index (χ3n) is 9.56. The Bertz CT molecular complexity index is 1190. The minimum absolute atomic E-state index is 0.0469. The van der Waals surface area contributed by atoms with Crippen LogP contribution >= 0.6 is 7.82 Å².